The van der Waals surface area contributed by atoms with Gasteiger partial charge in [-0.15, -0.1) is 11.3 Å². The molecule has 142 valence electrons. The maximum atomic E-state index is 12.5. The number of rotatable bonds is 6. The van der Waals surface area contributed by atoms with E-state index in [4.69, 9.17) is 4.42 Å². The van der Waals surface area contributed by atoms with Gasteiger partial charge in [0, 0.05) is 17.3 Å². The van der Waals surface area contributed by atoms with Crippen LogP contribution in [0.15, 0.2) is 64.3 Å². The van der Waals surface area contributed by atoms with E-state index >= 15 is 0 Å². The number of amides is 1. The lowest BCUT2D eigenvalue weighted by molar-refractivity contribution is -0.127. The summed E-state index contributed by atoms with van der Waals surface area (Å²) in [5, 5.41) is 1.83. The van der Waals surface area contributed by atoms with Crippen molar-refractivity contribution in [3.05, 3.63) is 66.4 Å². The predicted molar refractivity (Wildman–Crippen MR) is 113 cm³/mol. The molecule has 5 nitrogen and oxygen atoms in total. The molecule has 0 aliphatic rings. The van der Waals surface area contributed by atoms with Crippen molar-refractivity contribution in [2.75, 3.05) is 12.8 Å². The monoisotopic (exact) mass is 409 g/mol. The number of benzene rings is 1. The summed E-state index contributed by atoms with van der Waals surface area (Å²) in [6, 6.07) is 16.1. The molecule has 0 bridgehead atoms. The largest absolute Gasteiger partial charge is 0.464 e. The van der Waals surface area contributed by atoms with Crippen molar-refractivity contribution in [3.63, 3.8) is 0 Å². The molecule has 0 saturated heterocycles. The van der Waals surface area contributed by atoms with E-state index in [1.807, 2.05) is 37.3 Å². The number of carbonyl (C=O) groups excluding carboxylic acids is 1. The quantitative estimate of drug-likeness (QED) is 0.331. The molecular weight excluding hydrogens is 390 g/mol. The number of carbonyl (C=O) groups is 1. The van der Waals surface area contributed by atoms with Gasteiger partial charge in [-0.1, -0.05) is 42.1 Å². The standard InChI is InChI=1S/C21H19N3O2S2/c1-14-8-9-16(26-14)11-24(2)19(25)12-27-20-17-10-18(15-6-4-3-5-7-15)28-21(17)23-13-22-20/h3-10,13H,11-12H2,1-2H3. The third-order valence-electron chi connectivity index (χ3n) is 4.30. The first kappa shape index (κ1) is 18.7. The van der Waals surface area contributed by atoms with Gasteiger partial charge in [0.25, 0.3) is 0 Å². The maximum Gasteiger partial charge on any atom is 0.233 e. The van der Waals surface area contributed by atoms with Crippen molar-refractivity contribution in [2.45, 2.75) is 18.5 Å². The molecule has 4 aromatic rings. The van der Waals surface area contributed by atoms with Crippen LogP contribution in [-0.4, -0.2) is 33.6 Å². The number of furan rings is 1. The van der Waals surface area contributed by atoms with E-state index in [2.05, 4.69) is 28.2 Å². The Balaban J connectivity index is 1.47. The smallest absolute Gasteiger partial charge is 0.233 e. The average Bonchev–Trinajstić information content (AvgIpc) is 3.33. The number of hydrogen-bond acceptors (Lipinski definition) is 6. The van der Waals surface area contributed by atoms with Crippen molar-refractivity contribution >= 4 is 39.2 Å². The molecule has 0 radical (unpaired) electrons. The Morgan fingerprint density at radius 2 is 2.00 bits per heavy atom. The Morgan fingerprint density at radius 3 is 2.75 bits per heavy atom. The van der Waals surface area contributed by atoms with Crippen LogP contribution >= 0.6 is 23.1 Å². The molecule has 1 aromatic carbocycles. The number of hydrogen-bond donors (Lipinski definition) is 0. The summed E-state index contributed by atoms with van der Waals surface area (Å²) >= 11 is 3.08. The highest BCUT2D eigenvalue weighted by Crippen LogP contribution is 2.36. The zero-order chi connectivity index (χ0) is 19.5. The highest BCUT2D eigenvalue weighted by molar-refractivity contribution is 8.00. The summed E-state index contributed by atoms with van der Waals surface area (Å²) < 4.78 is 5.55. The summed E-state index contributed by atoms with van der Waals surface area (Å²) in [5.41, 5.74) is 1.16. The van der Waals surface area contributed by atoms with E-state index in [0.29, 0.717) is 12.3 Å². The number of thiophene rings is 1. The molecule has 3 aromatic heterocycles. The first-order chi connectivity index (χ1) is 13.6. The molecule has 0 fully saturated rings. The van der Waals surface area contributed by atoms with Crippen molar-refractivity contribution in [1.29, 1.82) is 0 Å². The third kappa shape index (κ3) is 4.10. The van der Waals surface area contributed by atoms with Crippen LogP contribution in [0.25, 0.3) is 20.7 Å². The van der Waals surface area contributed by atoms with Crippen molar-refractivity contribution in [1.82, 2.24) is 14.9 Å². The Morgan fingerprint density at radius 1 is 1.18 bits per heavy atom. The fourth-order valence-corrected chi connectivity index (χ4v) is 4.81. The summed E-state index contributed by atoms with van der Waals surface area (Å²) in [7, 11) is 1.79. The van der Waals surface area contributed by atoms with Gasteiger partial charge in [-0.25, -0.2) is 9.97 Å². The summed E-state index contributed by atoms with van der Waals surface area (Å²) in [4.78, 5) is 25.1. The van der Waals surface area contributed by atoms with E-state index in [-0.39, 0.29) is 5.91 Å². The fraction of sp³-hybridized carbons (Fsp3) is 0.190. The summed E-state index contributed by atoms with van der Waals surface area (Å²) in [5.74, 6) is 1.98. The molecule has 0 spiro atoms. The van der Waals surface area contributed by atoms with Gasteiger partial charge in [0.1, 0.15) is 27.7 Å². The van der Waals surface area contributed by atoms with Crippen LogP contribution in [0.3, 0.4) is 0 Å². The van der Waals surface area contributed by atoms with E-state index in [1.54, 1.807) is 29.6 Å². The molecule has 4 rings (SSSR count). The second kappa shape index (κ2) is 8.16. The second-order valence-corrected chi connectivity index (χ2v) is 8.42. The number of fused-ring (bicyclic) bond motifs is 1. The van der Waals surface area contributed by atoms with Gasteiger partial charge in [-0.3, -0.25) is 4.79 Å². The third-order valence-corrected chi connectivity index (χ3v) is 6.38. The van der Waals surface area contributed by atoms with E-state index in [9.17, 15) is 4.79 Å². The predicted octanol–water partition coefficient (Wildman–Crippen LogP) is 5.01. The van der Waals surface area contributed by atoms with Crippen LogP contribution in [0.1, 0.15) is 11.5 Å². The van der Waals surface area contributed by atoms with Crippen LogP contribution in [-0.2, 0) is 11.3 Å². The molecule has 0 atom stereocenters. The minimum atomic E-state index is 0.0318. The highest BCUT2D eigenvalue weighted by atomic mass is 32.2. The molecule has 28 heavy (non-hydrogen) atoms. The molecule has 7 heteroatoms. The minimum absolute atomic E-state index is 0.0318. The molecule has 0 aliphatic carbocycles. The van der Waals surface area contributed by atoms with E-state index < -0.39 is 0 Å². The zero-order valence-corrected chi connectivity index (χ0v) is 17.2. The molecule has 0 unspecified atom stereocenters. The first-order valence-electron chi connectivity index (χ1n) is 8.82. The van der Waals surface area contributed by atoms with Crippen molar-refractivity contribution in [3.8, 4) is 10.4 Å². The topological polar surface area (TPSA) is 59.2 Å². The lowest BCUT2D eigenvalue weighted by atomic mass is 10.2. The lowest BCUT2D eigenvalue weighted by Crippen LogP contribution is -2.27. The van der Waals surface area contributed by atoms with Crippen molar-refractivity contribution in [2.24, 2.45) is 0 Å². The Bertz CT molecular complexity index is 1110. The molecule has 0 aliphatic heterocycles. The number of nitrogens with zero attached hydrogens (tertiary/aromatic N) is 3. The van der Waals surface area contributed by atoms with Crippen LogP contribution in [0.5, 0.6) is 0 Å². The normalized spacial score (nSPS) is 11.1. The minimum Gasteiger partial charge on any atom is -0.464 e. The second-order valence-electron chi connectivity index (χ2n) is 6.43. The van der Waals surface area contributed by atoms with Gasteiger partial charge >= 0.3 is 0 Å². The summed E-state index contributed by atoms with van der Waals surface area (Å²) in [6.45, 7) is 2.36. The van der Waals surface area contributed by atoms with Gasteiger partial charge in [-0.2, -0.15) is 0 Å². The van der Waals surface area contributed by atoms with Crippen LogP contribution in [0.4, 0.5) is 0 Å². The maximum absolute atomic E-state index is 12.5. The molecular formula is C21H19N3O2S2. The molecule has 3 heterocycles. The molecule has 1 amide bonds. The van der Waals surface area contributed by atoms with Crippen molar-refractivity contribution < 1.29 is 9.21 Å². The van der Waals surface area contributed by atoms with Gasteiger partial charge in [0.05, 0.1) is 12.3 Å². The van der Waals surface area contributed by atoms with Gasteiger partial charge in [0.2, 0.25) is 5.91 Å². The average molecular weight is 410 g/mol. The zero-order valence-electron chi connectivity index (χ0n) is 15.6. The Hall–Kier alpha value is -2.64. The van der Waals surface area contributed by atoms with Crippen LogP contribution < -0.4 is 0 Å². The fourth-order valence-electron chi connectivity index (χ4n) is 2.83. The van der Waals surface area contributed by atoms with Crippen LogP contribution in [0, 0.1) is 6.92 Å². The van der Waals surface area contributed by atoms with E-state index in [1.165, 1.54) is 11.8 Å². The number of aryl methyl sites for hydroxylation is 1. The van der Waals surface area contributed by atoms with Gasteiger partial charge < -0.3 is 9.32 Å². The first-order valence-corrected chi connectivity index (χ1v) is 10.6. The van der Waals surface area contributed by atoms with Gasteiger partial charge in [0.15, 0.2) is 0 Å². The molecule has 0 N–H and O–H groups in total. The lowest BCUT2D eigenvalue weighted by Gasteiger charge is -2.15. The SMILES string of the molecule is Cc1ccc(CN(C)C(=O)CSc2ncnc3sc(-c4ccccc4)cc23)o1. The number of aromatic nitrogens is 2. The van der Waals surface area contributed by atoms with Gasteiger partial charge in [-0.05, 0) is 30.7 Å². The Labute approximate surface area is 171 Å². The Kier molecular flexibility index (Phi) is 5.45. The van der Waals surface area contributed by atoms with Crippen LogP contribution in [0.2, 0.25) is 0 Å². The van der Waals surface area contributed by atoms with E-state index in [0.717, 1.165) is 37.2 Å². The highest BCUT2D eigenvalue weighted by Gasteiger charge is 2.15. The molecule has 0 saturated carbocycles. The number of thioether (sulfide) groups is 1. The summed E-state index contributed by atoms with van der Waals surface area (Å²) in [6.07, 6.45) is 1.57.